The molecular weight excluding hydrogens is 332 g/mol. The van der Waals surface area contributed by atoms with Gasteiger partial charge in [-0.05, 0) is 23.8 Å². The number of hydrogen-bond acceptors (Lipinski definition) is 2. The molecule has 0 atom stereocenters. The maximum atomic E-state index is 6.38. The van der Waals surface area contributed by atoms with Crippen molar-refractivity contribution in [3.63, 3.8) is 0 Å². The first kappa shape index (κ1) is 15.7. The number of halogens is 1. The Morgan fingerprint density at radius 1 is 0.960 bits per heavy atom. The quantitative estimate of drug-likeness (QED) is 0.492. The Kier molecular flexibility index (Phi) is 4.16. The summed E-state index contributed by atoms with van der Waals surface area (Å²) in [6.07, 6.45) is 0. The van der Waals surface area contributed by atoms with Crippen molar-refractivity contribution in [1.82, 2.24) is 9.55 Å². The van der Waals surface area contributed by atoms with Gasteiger partial charge in [-0.15, -0.1) is 0 Å². The van der Waals surface area contributed by atoms with Gasteiger partial charge in [-0.3, -0.25) is 0 Å². The summed E-state index contributed by atoms with van der Waals surface area (Å²) in [6.45, 7) is 0.659. The van der Waals surface area contributed by atoms with Crippen LogP contribution in [-0.4, -0.2) is 16.7 Å². The van der Waals surface area contributed by atoms with Crippen molar-refractivity contribution in [3.8, 4) is 17.1 Å². The summed E-state index contributed by atoms with van der Waals surface area (Å²) in [6, 6.07) is 24.1. The number of aromatic nitrogens is 2. The van der Waals surface area contributed by atoms with Crippen LogP contribution in [0.15, 0.2) is 72.8 Å². The summed E-state index contributed by atoms with van der Waals surface area (Å²) in [7, 11) is 1.67. The van der Waals surface area contributed by atoms with Crippen molar-refractivity contribution in [1.29, 1.82) is 0 Å². The fourth-order valence-corrected chi connectivity index (χ4v) is 3.20. The van der Waals surface area contributed by atoms with Gasteiger partial charge < -0.3 is 9.30 Å². The van der Waals surface area contributed by atoms with Crippen molar-refractivity contribution in [2.45, 2.75) is 6.54 Å². The van der Waals surface area contributed by atoms with E-state index < -0.39 is 0 Å². The number of methoxy groups -OCH3 is 1. The fourth-order valence-electron chi connectivity index (χ4n) is 3.00. The van der Waals surface area contributed by atoms with Crippen LogP contribution in [0.5, 0.6) is 5.75 Å². The Morgan fingerprint density at radius 2 is 1.72 bits per heavy atom. The zero-order valence-corrected chi connectivity index (χ0v) is 14.6. The Bertz CT molecular complexity index is 1020. The van der Waals surface area contributed by atoms with Gasteiger partial charge in [-0.1, -0.05) is 60.1 Å². The molecule has 3 nitrogen and oxygen atoms in total. The average molecular weight is 349 g/mol. The van der Waals surface area contributed by atoms with E-state index in [0.29, 0.717) is 6.54 Å². The number of benzene rings is 3. The molecular formula is C21H17ClN2O. The van der Waals surface area contributed by atoms with E-state index in [1.807, 2.05) is 60.7 Å². The van der Waals surface area contributed by atoms with Crippen LogP contribution in [0.1, 0.15) is 5.56 Å². The van der Waals surface area contributed by atoms with E-state index in [4.69, 9.17) is 21.3 Å². The number of fused-ring (bicyclic) bond motifs is 1. The fraction of sp³-hybridized carbons (Fsp3) is 0.0952. The molecule has 0 saturated carbocycles. The van der Waals surface area contributed by atoms with E-state index in [0.717, 1.165) is 38.8 Å². The van der Waals surface area contributed by atoms with Gasteiger partial charge in [0.1, 0.15) is 11.6 Å². The largest absolute Gasteiger partial charge is 0.497 e. The Morgan fingerprint density at radius 3 is 2.48 bits per heavy atom. The number of nitrogens with zero attached hydrogens (tertiary/aromatic N) is 2. The normalized spacial score (nSPS) is 11.0. The molecule has 0 N–H and O–H groups in total. The molecule has 4 aromatic rings. The molecule has 4 rings (SSSR count). The van der Waals surface area contributed by atoms with Gasteiger partial charge in [0, 0.05) is 16.7 Å². The van der Waals surface area contributed by atoms with Crippen LogP contribution in [0.3, 0.4) is 0 Å². The molecule has 4 heteroatoms. The lowest BCUT2D eigenvalue weighted by Crippen LogP contribution is -2.02. The first-order chi connectivity index (χ1) is 12.3. The average Bonchev–Trinajstić information content (AvgIpc) is 3.02. The molecule has 0 unspecified atom stereocenters. The highest BCUT2D eigenvalue weighted by molar-refractivity contribution is 6.31. The lowest BCUT2D eigenvalue weighted by molar-refractivity contribution is 0.415. The Labute approximate surface area is 151 Å². The molecule has 0 aliphatic carbocycles. The minimum Gasteiger partial charge on any atom is -0.497 e. The molecule has 124 valence electrons. The minimum absolute atomic E-state index is 0.659. The summed E-state index contributed by atoms with van der Waals surface area (Å²) in [5, 5.41) is 0.761. The van der Waals surface area contributed by atoms with Crippen LogP contribution in [-0.2, 0) is 6.54 Å². The third-order valence-electron chi connectivity index (χ3n) is 4.27. The molecule has 1 heterocycles. The molecule has 0 bridgehead atoms. The second kappa shape index (κ2) is 6.61. The number of hydrogen-bond donors (Lipinski definition) is 0. The monoisotopic (exact) mass is 348 g/mol. The molecule has 0 fully saturated rings. The molecule has 0 aliphatic rings. The lowest BCUT2D eigenvalue weighted by atomic mass is 10.2. The Hall–Kier alpha value is -2.78. The number of ether oxygens (including phenoxy) is 1. The van der Waals surface area contributed by atoms with Gasteiger partial charge in [-0.25, -0.2) is 4.98 Å². The summed E-state index contributed by atoms with van der Waals surface area (Å²) in [5.41, 5.74) is 4.10. The highest BCUT2D eigenvalue weighted by Gasteiger charge is 2.14. The summed E-state index contributed by atoms with van der Waals surface area (Å²) in [4.78, 5) is 4.86. The molecule has 1 aromatic heterocycles. The molecule has 0 spiro atoms. The third-order valence-corrected chi connectivity index (χ3v) is 4.64. The van der Waals surface area contributed by atoms with Crippen LogP contribution in [0, 0.1) is 0 Å². The van der Waals surface area contributed by atoms with Crippen molar-refractivity contribution in [3.05, 3.63) is 83.4 Å². The highest BCUT2D eigenvalue weighted by atomic mass is 35.5. The van der Waals surface area contributed by atoms with E-state index in [9.17, 15) is 0 Å². The predicted molar refractivity (Wildman–Crippen MR) is 102 cm³/mol. The topological polar surface area (TPSA) is 27.1 Å². The zero-order chi connectivity index (χ0) is 17.2. The highest BCUT2D eigenvalue weighted by Crippen LogP contribution is 2.29. The second-order valence-corrected chi connectivity index (χ2v) is 6.24. The molecule has 0 saturated heterocycles. The van der Waals surface area contributed by atoms with Crippen LogP contribution >= 0.6 is 11.6 Å². The van der Waals surface area contributed by atoms with Crippen molar-refractivity contribution in [2.24, 2.45) is 0 Å². The number of imidazole rings is 1. The van der Waals surface area contributed by atoms with E-state index in [-0.39, 0.29) is 0 Å². The zero-order valence-electron chi connectivity index (χ0n) is 13.8. The van der Waals surface area contributed by atoms with E-state index in [1.165, 1.54) is 0 Å². The first-order valence-corrected chi connectivity index (χ1v) is 8.47. The number of rotatable bonds is 4. The van der Waals surface area contributed by atoms with E-state index >= 15 is 0 Å². The van der Waals surface area contributed by atoms with Crippen LogP contribution < -0.4 is 4.74 Å². The van der Waals surface area contributed by atoms with Crippen LogP contribution in [0.4, 0.5) is 0 Å². The summed E-state index contributed by atoms with van der Waals surface area (Å²) in [5.74, 6) is 1.72. The first-order valence-electron chi connectivity index (χ1n) is 8.09. The summed E-state index contributed by atoms with van der Waals surface area (Å²) >= 11 is 6.38. The molecule has 25 heavy (non-hydrogen) atoms. The van der Waals surface area contributed by atoms with Crippen molar-refractivity contribution in [2.75, 3.05) is 7.11 Å². The minimum atomic E-state index is 0.659. The van der Waals surface area contributed by atoms with Gasteiger partial charge in [0.05, 0.1) is 24.7 Å². The SMILES string of the molecule is COc1ccc2c(c1)nc(-c1ccccc1)n2Cc1ccccc1Cl. The van der Waals surface area contributed by atoms with Gasteiger partial charge >= 0.3 is 0 Å². The maximum Gasteiger partial charge on any atom is 0.141 e. The van der Waals surface area contributed by atoms with Crippen LogP contribution in [0.25, 0.3) is 22.4 Å². The summed E-state index contributed by atoms with van der Waals surface area (Å²) < 4.78 is 7.54. The van der Waals surface area contributed by atoms with E-state index in [1.54, 1.807) is 7.11 Å². The van der Waals surface area contributed by atoms with Gasteiger partial charge in [0.2, 0.25) is 0 Å². The van der Waals surface area contributed by atoms with Gasteiger partial charge in [-0.2, -0.15) is 0 Å². The van der Waals surface area contributed by atoms with E-state index in [2.05, 4.69) is 16.7 Å². The predicted octanol–water partition coefficient (Wildman–Crippen LogP) is 5.41. The van der Waals surface area contributed by atoms with Gasteiger partial charge in [0.25, 0.3) is 0 Å². The molecule has 0 radical (unpaired) electrons. The van der Waals surface area contributed by atoms with Crippen LogP contribution in [0.2, 0.25) is 5.02 Å². The smallest absolute Gasteiger partial charge is 0.141 e. The van der Waals surface area contributed by atoms with Crippen molar-refractivity contribution >= 4 is 22.6 Å². The standard InChI is InChI=1S/C21H17ClN2O/c1-25-17-11-12-20-19(13-17)23-21(15-7-3-2-4-8-15)24(20)14-16-9-5-6-10-18(16)22/h2-13H,14H2,1H3. The van der Waals surface area contributed by atoms with Gasteiger partial charge in [0.15, 0.2) is 0 Å². The molecule has 3 aromatic carbocycles. The van der Waals surface area contributed by atoms with Crippen molar-refractivity contribution < 1.29 is 4.74 Å². The third kappa shape index (κ3) is 2.99. The Balaban J connectivity index is 1.92. The second-order valence-electron chi connectivity index (χ2n) is 5.83. The molecule has 0 aliphatic heterocycles. The lowest BCUT2D eigenvalue weighted by Gasteiger charge is -2.11. The molecule has 0 amide bonds. The maximum absolute atomic E-state index is 6.38.